The minimum atomic E-state index is -0.709. The van der Waals surface area contributed by atoms with E-state index in [0.29, 0.717) is 12.2 Å². The van der Waals surface area contributed by atoms with Crippen molar-refractivity contribution in [3.8, 4) is 0 Å². The molecule has 2 heterocycles. The van der Waals surface area contributed by atoms with E-state index >= 15 is 0 Å². The van der Waals surface area contributed by atoms with Crippen molar-refractivity contribution in [3.05, 3.63) is 63.1 Å². The van der Waals surface area contributed by atoms with Crippen LogP contribution in [0.1, 0.15) is 41.0 Å². The molecular formula is C22H25ClN4O5. The molecule has 9 nitrogen and oxygen atoms in total. The maximum Gasteiger partial charge on any atom is 0.343 e. The molecule has 0 fully saturated rings. The molecule has 3 rings (SSSR count). The molecule has 0 saturated carbocycles. The molecular weight excluding hydrogens is 436 g/mol. The normalized spacial score (nSPS) is 15.8. The summed E-state index contributed by atoms with van der Waals surface area (Å²) >= 11 is 6.43. The molecule has 170 valence electrons. The summed E-state index contributed by atoms with van der Waals surface area (Å²) in [6, 6.07) is 6.79. The van der Waals surface area contributed by atoms with Gasteiger partial charge in [-0.1, -0.05) is 41.4 Å². The lowest BCUT2D eigenvalue weighted by Gasteiger charge is -2.26. The van der Waals surface area contributed by atoms with Crippen LogP contribution in [0.2, 0.25) is 5.15 Å². The highest BCUT2D eigenvalue weighted by molar-refractivity contribution is 6.32. The van der Waals surface area contributed by atoms with Gasteiger partial charge < -0.3 is 20.1 Å². The van der Waals surface area contributed by atoms with E-state index in [4.69, 9.17) is 21.1 Å². The van der Waals surface area contributed by atoms with E-state index in [1.165, 1.54) is 4.68 Å². The van der Waals surface area contributed by atoms with E-state index in [9.17, 15) is 14.4 Å². The average molecular weight is 461 g/mol. The van der Waals surface area contributed by atoms with Crippen LogP contribution in [0.15, 0.2) is 35.5 Å². The minimum Gasteiger partial charge on any atom is -0.463 e. The monoisotopic (exact) mass is 460 g/mol. The number of nitrogens with one attached hydrogen (secondary N) is 2. The smallest absolute Gasteiger partial charge is 0.343 e. The van der Waals surface area contributed by atoms with E-state index in [1.54, 1.807) is 20.8 Å². The zero-order valence-corrected chi connectivity index (χ0v) is 19.1. The van der Waals surface area contributed by atoms with E-state index in [-0.39, 0.29) is 35.2 Å². The van der Waals surface area contributed by atoms with Gasteiger partial charge in [0.2, 0.25) is 0 Å². The molecule has 0 aliphatic carbocycles. The number of amides is 2. The summed E-state index contributed by atoms with van der Waals surface area (Å²) in [7, 11) is 0. The van der Waals surface area contributed by atoms with E-state index < -0.39 is 24.0 Å². The fraction of sp³-hybridized carbons (Fsp3) is 0.364. The van der Waals surface area contributed by atoms with Crippen LogP contribution in [0.4, 0.5) is 4.79 Å². The number of ether oxygens (including phenoxy) is 2. The Morgan fingerprint density at radius 2 is 1.84 bits per heavy atom. The molecule has 2 amide bonds. The number of urea groups is 1. The van der Waals surface area contributed by atoms with Gasteiger partial charge in [0.15, 0.2) is 0 Å². The average Bonchev–Trinajstić information content (AvgIpc) is 3.00. The number of carbonyl (C=O) groups is 3. The first-order valence-electron chi connectivity index (χ1n) is 10.1. The van der Waals surface area contributed by atoms with Gasteiger partial charge in [-0.05, 0) is 33.3 Å². The molecule has 10 heteroatoms. The van der Waals surface area contributed by atoms with Crippen LogP contribution in [0, 0.1) is 13.8 Å². The number of aryl methyl sites for hydroxylation is 2. The quantitative estimate of drug-likeness (QED) is 0.614. The Kier molecular flexibility index (Phi) is 7.19. The highest BCUT2D eigenvalue weighted by Crippen LogP contribution is 2.23. The van der Waals surface area contributed by atoms with Crippen LogP contribution in [0.5, 0.6) is 0 Å². The summed E-state index contributed by atoms with van der Waals surface area (Å²) in [5.41, 5.74) is 3.01. The van der Waals surface area contributed by atoms with Crippen molar-refractivity contribution in [1.82, 2.24) is 20.4 Å². The lowest BCUT2D eigenvalue weighted by atomic mass is 10.0. The van der Waals surface area contributed by atoms with Gasteiger partial charge in [-0.3, -0.25) is 0 Å². The zero-order valence-electron chi connectivity index (χ0n) is 18.3. The Bertz CT molecular complexity index is 1070. The van der Waals surface area contributed by atoms with Gasteiger partial charge in [0, 0.05) is 0 Å². The number of nitrogens with zero attached hydrogens (tertiary/aromatic N) is 2. The van der Waals surface area contributed by atoms with Crippen LogP contribution < -0.4 is 10.6 Å². The number of hydrogen-bond acceptors (Lipinski definition) is 6. The fourth-order valence-electron chi connectivity index (χ4n) is 3.36. The van der Waals surface area contributed by atoms with Crippen LogP contribution in [-0.4, -0.2) is 47.0 Å². The van der Waals surface area contributed by atoms with Gasteiger partial charge in [-0.25, -0.2) is 19.1 Å². The topological polar surface area (TPSA) is 112 Å². The second-order valence-corrected chi connectivity index (χ2v) is 7.76. The molecule has 1 aromatic carbocycles. The molecule has 0 saturated heterocycles. The Labute approximate surface area is 190 Å². The van der Waals surface area contributed by atoms with E-state index in [1.807, 2.05) is 31.2 Å². The van der Waals surface area contributed by atoms with Crippen LogP contribution in [0.25, 0.3) is 0 Å². The maximum absolute atomic E-state index is 12.8. The van der Waals surface area contributed by atoms with Gasteiger partial charge in [0.05, 0.1) is 36.2 Å². The van der Waals surface area contributed by atoms with Gasteiger partial charge in [-0.2, -0.15) is 5.10 Å². The Morgan fingerprint density at radius 3 is 2.50 bits per heavy atom. The van der Waals surface area contributed by atoms with Gasteiger partial charge in [-0.15, -0.1) is 0 Å². The molecule has 32 heavy (non-hydrogen) atoms. The molecule has 0 bridgehead atoms. The van der Waals surface area contributed by atoms with Crippen LogP contribution in [0.3, 0.4) is 0 Å². The summed E-state index contributed by atoms with van der Waals surface area (Å²) in [5.74, 6) is -1.31. The molecule has 1 aliphatic rings. The van der Waals surface area contributed by atoms with Crippen molar-refractivity contribution in [3.63, 3.8) is 0 Å². The summed E-state index contributed by atoms with van der Waals surface area (Å²) < 4.78 is 12.0. The number of halogens is 1. The molecule has 0 unspecified atom stereocenters. The van der Waals surface area contributed by atoms with Crippen LogP contribution in [-0.2, 0) is 20.8 Å². The predicted molar refractivity (Wildman–Crippen MR) is 117 cm³/mol. The van der Waals surface area contributed by atoms with Crippen molar-refractivity contribution < 1.29 is 23.9 Å². The first-order chi connectivity index (χ1) is 15.2. The number of aromatic nitrogens is 2. The molecule has 1 aromatic heterocycles. The lowest BCUT2D eigenvalue weighted by Crippen LogP contribution is -2.50. The largest absolute Gasteiger partial charge is 0.463 e. The third-order valence-corrected chi connectivity index (χ3v) is 5.32. The summed E-state index contributed by atoms with van der Waals surface area (Å²) in [6.45, 7) is 7.21. The minimum absolute atomic E-state index is 0.130. The SMILES string of the molecule is CCOC(=O)C1=C(COC(=O)c2c(C)nn(Cc3ccc(C)cc3)c2Cl)NC(=O)N[C@@H]1C. The van der Waals surface area contributed by atoms with Crippen molar-refractivity contribution in [2.45, 2.75) is 40.3 Å². The summed E-state index contributed by atoms with van der Waals surface area (Å²) in [5, 5.41) is 9.60. The van der Waals surface area contributed by atoms with Gasteiger partial charge in [0.1, 0.15) is 17.3 Å². The second-order valence-electron chi connectivity index (χ2n) is 7.40. The van der Waals surface area contributed by atoms with Crippen molar-refractivity contribution >= 4 is 29.6 Å². The third kappa shape index (κ3) is 5.11. The number of hydrogen-bond donors (Lipinski definition) is 2. The predicted octanol–water partition coefficient (Wildman–Crippen LogP) is 2.88. The number of benzene rings is 1. The van der Waals surface area contributed by atoms with Crippen molar-refractivity contribution in [1.29, 1.82) is 0 Å². The fourth-order valence-corrected chi connectivity index (χ4v) is 3.67. The molecule has 0 radical (unpaired) electrons. The first-order valence-corrected chi connectivity index (χ1v) is 10.5. The number of esters is 2. The second kappa shape index (κ2) is 9.86. The summed E-state index contributed by atoms with van der Waals surface area (Å²) in [6.07, 6.45) is 0. The molecule has 2 N–H and O–H groups in total. The summed E-state index contributed by atoms with van der Waals surface area (Å²) in [4.78, 5) is 36.9. The van der Waals surface area contributed by atoms with E-state index in [2.05, 4.69) is 15.7 Å². The van der Waals surface area contributed by atoms with Gasteiger partial charge >= 0.3 is 18.0 Å². The number of carbonyl (C=O) groups excluding carboxylic acids is 3. The Hall–Kier alpha value is -3.33. The Morgan fingerprint density at radius 1 is 1.16 bits per heavy atom. The van der Waals surface area contributed by atoms with Crippen molar-refractivity contribution in [2.75, 3.05) is 13.2 Å². The molecule has 0 spiro atoms. The van der Waals surface area contributed by atoms with E-state index in [0.717, 1.165) is 11.1 Å². The molecule has 1 aliphatic heterocycles. The molecule has 1 atom stereocenters. The zero-order chi connectivity index (χ0) is 23.4. The number of rotatable bonds is 7. The lowest BCUT2D eigenvalue weighted by molar-refractivity contribution is -0.139. The highest BCUT2D eigenvalue weighted by Gasteiger charge is 2.31. The first kappa shape index (κ1) is 23.3. The highest BCUT2D eigenvalue weighted by atomic mass is 35.5. The van der Waals surface area contributed by atoms with Crippen LogP contribution >= 0.6 is 11.6 Å². The maximum atomic E-state index is 12.8. The van der Waals surface area contributed by atoms with Crippen molar-refractivity contribution in [2.24, 2.45) is 0 Å². The Balaban J connectivity index is 1.78. The standard InChI is InChI=1S/C22H25ClN4O5/c1-5-31-20(28)17-13(3)24-22(30)25-16(17)11-32-21(29)18-14(4)26-27(19(18)23)10-15-8-6-12(2)7-9-15/h6-9,13H,5,10-11H2,1-4H3,(H2,24,25,30)/t13-/m1/s1. The van der Waals surface area contributed by atoms with Gasteiger partial charge in [0.25, 0.3) is 0 Å². The third-order valence-electron chi connectivity index (χ3n) is 4.94. The molecule has 2 aromatic rings.